The van der Waals surface area contributed by atoms with Gasteiger partial charge < -0.3 is 5.11 Å². The summed E-state index contributed by atoms with van der Waals surface area (Å²) in [5.74, 6) is 0. The lowest BCUT2D eigenvalue weighted by molar-refractivity contribution is 0.0731. The standard InChI is InChI=1S/C9H12ClNO/c1-6-4-7(10)5-11-8(6)9(2,3)12/h4-5,12H,1-3H3. The molecule has 0 radical (unpaired) electrons. The van der Waals surface area contributed by atoms with Gasteiger partial charge in [-0.25, -0.2) is 0 Å². The molecule has 1 heterocycles. The van der Waals surface area contributed by atoms with Gasteiger partial charge in [0.2, 0.25) is 0 Å². The fourth-order valence-electron chi connectivity index (χ4n) is 1.18. The van der Waals surface area contributed by atoms with Gasteiger partial charge in [-0.2, -0.15) is 0 Å². The first-order valence-electron chi connectivity index (χ1n) is 3.76. The number of aryl methyl sites for hydroxylation is 1. The molecule has 0 spiro atoms. The van der Waals surface area contributed by atoms with Gasteiger partial charge in [-0.1, -0.05) is 11.6 Å². The molecule has 0 aliphatic carbocycles. The first-order valence-corrected chi connectivity index (χ1v) is 4.14. The molecular weight excluding hydrogens is 174 g/mol. The van der Waals surface area contributed by atoms with E-state index in [-0.39, 0.29) is 0 Å². The highest BCUT2D eigenvalue weighted by atomic mass is 35.5. The van der Waals surface area contributed by atoms with Crippen LogP contribution in [0.1, 0.15) is 25.1 Å². The smallest absolute Gasteiger partial charge is 0.101 e. The van der Waals surface area contributed by atoms with E-state index in [0.29, 0.717) is 10.7 Å². The summed E-state index contributed by atoms with van der Waals surface area (Å²) in [6.07, 6.45) is 1.54. The minimum absolute atomic E-state index is 0.598. The summed E-state index contributed by atoms with van der Waals surface area (Å²) in [6.45, 7) is 5.29. The molecule has 0 amide bonds. The minimum atomic E-state index is -0.894. The molecule has 0 aliphatic rings. The van der Waals surface area contributed by atoms with Gasteiger partial charge in [0.25, 0.3) is 0 Å². The second-order valence-electron chi connectivity index (χ2n) is 3.38. The summed E-state index contributed by atoms with van der Waals surface area (Å²) >= 11 is 5.72. The molecule has 0 saturated carbocycles. The van der Waals surface area contributed by atoms with Crippen LogP contribution in [0.25, 0.3) is 0 Å². The van der Waals surface area contributed by atoms with Gasteiger partial charge >= 0.3 is 0 Å². The van der Waals surface area contributed by atoms with Crippen molar-refractivity contribution in [1.82, 2.24) is 4.98 Å². The van der Waals surface area contributed by atoms with Crippen LogP contribution in [0.2, 0.25) is 5.02 Å². The maximum absolute atomic E-state index is 9.66. The molecule has 66 valence electrons. The highest BCUT2D eigenvalue weighted by molar-refractivity contribution is 6.30. The van der Waals surface area contributed by atoms with E-state index in [1.54, 1.807) is 26.1 Å². The average molecular weight is 186 g/mol. The first kappa shape index (κ1) is 9.49. The second kappa shape index (κ2) is 3.04. The minimum Gasteiger partial charge on any atom is -0.384 e. The summed E-state index contributed by atoms with van der Waals surface area (Å²) in [4.78, 5) is 4.07. The fraction of sp³-hybridized carbons (Fsp3) is 0.444. The molecule has 2 nitrogen and oxygen atoms in total. The zero-order valence-electron chi connectivity index (χ0n) is 7.43. The van der Waals surface area contributed by atoms with E-state index in [9.17, 15) is 5.11 Å². The van der Waals surface area contributed by atoms with Crippen molar-refractivity contribution in [3.05, 3.63) is 28.5 Å². The number of nitrogens with zero attached hydrogens (tertiary/aromatic N) is 1. The van der Waals surface area contributed by atoms with Crippen LogP contribution in [0.4, 0.5) is 0 Å². The molecule has 1 aromatic heterocycles. The van der Waals surface area contributed by atoms with Crippen LogP contribution in [-0.2, 0) is 5.60 Å². The maximum Gasteiger partial charge on any atom is 0.101 e. The Labute approximate surface area is 77.2 Å². The van der Waals surface area contributed by atoms with Crippen LogP contribution in [0.5, 0.6) is 0 Å². The maximum atomic E-state index is 9.66. The second-order valence-corrected chi connectivity index (χ2v) is 3.81. The zero-order chi connectivity index (χ0) is 9.35. The predicted molar refractivity (Wildman–Crippen MR) is 49.2 cm³/mol. The van der Waals surface area contributed by atoms with Crippen LogP contribution in [0.15, 0.2) is 12.3 Å². The van der Waals surface area contributed by atoms with E-state index in [0.717, 1.165) is 5.56 Å². The summed E-state index contributed by atoms with van der Waals surface area (Å²) in [7, 11) is 0. The third-order valence-electron chi connectivity index (χ3n) is 1.62. The lowest BCUT2D eigenvalue weighted by atomic mass is 10.0. The molecule has 0 saturated heterocycles. The average Bonchev–Trinajstić information content (AvgIpc) is 1.83. The SMILES string of the molecule is Cc1cc(Cl)cnc1C(C)(C)O. The number of rotatable bonds is 1. The Morgan fingerprint density at radius 1 is 1.50 bits per heavy atom. The quantitative estimate of drug-likeness (QED) is 0.728. The van der Waals surface area contributed by atoms with Gasteiger partial charge in [0.05, 0.1) is 10.7 Å². The molecule has 0 fully saturated rings. The van der Waals surface area contributed by atoms with Gasteiger partial charge in [-0.05, 0) is 32.4 Å². The third kappa shape index (κ3) is 1.96. The number of aromatic nitrogens is 1. The molecule has 0 atom stereocenters. The van der Waals surface area contributed by atoms with Crippen molar-refractivity contribution in [2.75, 3.05) is 0 Å². The zero-order valence-corrected chi connectivity index (χ0v) is 8.18. The van der Waals surface area contributed by atoms with Crippen molar-refractivity contribution in [2.45, 2.75) is 26.4 Å². The molecule has 1 rings (SSSR count). The monoisotopic (exact) mass is 185 g/mol. The molecular formula is C9H12ClNO. The molecule has 3 heteroatoms. The van der Waals surface area contributed by atoms with Crippen LogP contribution in [0.3, 0.4) is 0 Å². The Morgan fingerprint density at radius 2 is 2.08 bits per heavy atom. The Balaban J connectivity index is 3.19. The van der Waals surface area contributed by atoms with Crippen molar-refractivity contribution in [3.63, 3.8) is 0 Å². The highest BCUT2D eigenvalue weighted by Crippen LogP contribution is 2.22. The van der Waals surface area contributed by atoms with Crippen LogP contribution in [0, 0.1) is 6.92 Å². The topological polar surface area (TPSA) is 33.1 Å². The van der Waals surface area contributed by atoms with E-state index in [1.807, 2.05) is 6.92 Å². The number of hydrogen-bond donors (Lipinski definition) is 1. The van der Waals surface area contributed by atoms with Crippen molar-refractivity contribution in [1.29, 1.82) is 0 Å². The van der Waals surface area contributed by atoms with Crippen molar-refractivity contribution >= 4 is 11.6 Å². The molecule has 0 aromatic carbocycles. The highest BCUT2D eigenvalue weighted by Gasteiger charge is 2.19. The van der Waals surface area contributed by atoms with Gasteiger partial charge in [-0.3, -0.25) is 4.98 Å². The molecule has 12 heavy (non-hydrogen) atoms. The summed E-state index contributed by atoms with van der Waals surface area (Å²) in [6, 6.07) is 1.79. The van der Waals surface area contributed by atoms with Gasteiger partial charge in [0.15, 0.2) is 0 Å². The van der Waals surface area contributed by atoms with E-state index in [4.69, 9.17) is 11.6 Å². The van der Waals surface area contributed by atoms with E-state index >= 15 is 0 Å². The normalized spacial score (nSPS) is 11.8. The van der Waals surface area contributed by atoms with Crippen molar-refractivity contribution < 1.29 is 5.11 Å². The van der Waals surface area contributed by atoms with Crippen molar-refractivity contribution in [3.8, 4) is 0 Å². The van der Waals surface area contributed by atoms with E-state index in [2.05, 4.69) is 4.98 Å². The fourth-order valence-corrected chi connectivity index (χ4v) is 1.39. The summed E-state index contributed by atoms with van der Waals surface area (Å²) in [5.41, 5.74) is 0.691. The van der Waals surface area contributed by atoms with Gasteiger partial charge in [-0.15, -0.1) is 0 Å². The predicted octanol–water partition coefficient (Wildman–Crippen LogP) is 2.27. The van der Waals surface area contributed by atoms with Gasteiger partial charge in [0.1, 0.15) is 5.60 Å². The molecule has 0 unspecified atom stereocenters. The summed E-state index contributed by atoms with van der Waals surface area (Å²) in [5, 5.41) is 10.3. The number of pyridine rings is 1. The van der Waals surface area contributed by atoms with E-state index < -0.39 is 5.60 Å². The lowest BCUT2D eigenvalue weighted by Crippen LogP contribution is -2.18. The Morgan fingerprint density at radius 3 is 2.50 bits per heavy atom. The number of aliphatic hydroxyl groups is 1. The Kier molecular flexibility index (Phi) is 2.40. The third-order valence-corrected chi connectivity index (χ3v) is 1.83. The van der Waals surface area contributed by atoms with Crippen LogP contribution >= 0.6 is 11.6 Å². The molecule has 0 bridgehead atoms. The molecule has 1 N–H and O–H groups in total. The van der Waals surface area contributed by atoms with Gasteiger partial charge in [0, 0.05) is 6.20 Å². The van der Waals surface area contributed by atoms with Crippen LogP contribution in [-0.4, -0.2) is 10.1 Å². The number of halogens is 1. The van der Waals surface area contributed by atoms with Crippen molar-refractivity contribution in [2.24, 2.45) is 0 Å². The number of hydrogen-bond acceptors (Lipinski definition) is 2. The largest absolute Gasteiger partial charge is 0.384 e. The molecule has 1 aromatic rings. The Bertz CT molecular complexity index is 291. The lowest BCUT2D eigenvalue weighted by Gasteiger charge is -2.18. The Hall–Kier alpha value is -0.600. The van der Waals surface area contributed by atoms with Crippen LogP contribution < -0.4 is 0 Å². The molecule has 0 aliphatic heterocycles. The summed E-state index contributed by atoms with van der Waals surface area (Å²) < 4.78 is 0. The first-order chi connectivity index (χ1) is 5.41. The van der Waals surface area contributed by atoms with E-state index in [1.165, 1.54) is 0 Å².